The smallest absolute Gasteiger partial charge is 0.417 e. The van der Waals surface area contributed by atoms with Gasteiger partial charge in [-0.2, -0.15) is 0 Å². The molecular weight excluding hydrogens is 554 g/mol. The monoisotopic (exact) mass is 611 g/mol. The van der Waals surface area contributed by atoms with E-state index >= 15 is 0 Å². The second-order valence-corrected chi connectivity index (χ2v) is 12.1. The third-order valence-corrected chi connectivity index (χ3v) is 5.37. The molecule has 10 heteroatoms. The van der Waals surface area contributed by atoms with Crippen molar-refractivity contribution < 1.29 is 43.2 Å². The molecule has 43 heavy (non-hydrogen) atoms. The fourth-order valence-electron chi connectivity index (χ4n) is 3.44. The van der Waals surface area contributed by atoms with Crippen molar-refractivity contribution in [2.24, 2.45) is 0 Å². The number of esters is 1. The average molecular weight is 612 g/mol. The minimum absolute atomic E-state index is 0.00875. The second-order valence-electron chi connectivity index (χ2n) is 12.1. The van der Waals surface area contributed by atoms with Crippen LogP contribution in [0.25, 0.3) is 0 Å². The number of ether oxygens (including phenoxy) is 4. The second kappa shape index (κ2) is 24.5. The van der Waals surface area contributed by atoms with E-state index in [1.165, 1.54) is 6.42 Å². The molecule has 248 valence electrons. The number of hydrogen-bond acceptors (Lipinski definition) is 9. The van der Waals surface area contributed by atoms with Gasteiger partial charge in [0.2, 0.25) is 0 Å². The van der Waals surface area contributed by atoms with Gasteiger partial charge >= 0.3 is 18.2 Å². The summed E-state index contributed by atoms with van der Waals surface area (Å²) in [5.74, 6) is -0.0609. The number of unbranched alkanes of at least 4 members (excludes halogenated alkanes) is 2. The normalized spacial score (nSPS) is 17.0. The first-order chi connectivity index (χ1) is 20.1. The summed E-state index contributed by atoms with van der Waals surface area (Å²) in [5.41, 5.74) is -0.537. The zero-order valence-corrected chi connectivity index (χ0v) is 27.9. The highest BCUT2D eigenvalue weighted by atomic mass is 16.6. The summed E-state index contributed by atoms with van der Waals surface area (Å²) in [4.78, 5) is 43.5. The molecular formula is C33H57NO9. The maximum atomic E-state index is 11.2. The Kier molecular flexibility index (Phi) is 24.0. The first kappa shape index (κ1) is 42.2. The third kappa shape index (κ3) is 30.3. The van der Waals surface area contributed by atoms with E-state index in [4.69, 9.17) is 24.1 Å². The van der Waals surface area contributed by atoms with Crippen LogP contribution in [-0.2, 0) is 23.7 Å². The Morgan fingerprint density at radius 2 is 1.53 bits per heavy atom. The van der Waals surface area contributed by atoms with Crippen molar-refractivity contribution in [2.45, 2.75) is 137 Å². The van der Waals surface area contributed by atoms with Crippen LogP contribution >= 0.6 is 0 Å². The van der Waals surface area contributed by atoms with Crippen LogP contribution in [0.15, 0.2) is 30.3 Å². The third-order valence-electron chi connectivity index (χ3n) is 5.37. The van der Waals surface area contributed by atoms with Gasteiger partial charge in [-0.3, -0.25) is 9.59 Å². The Labute approximate surface area is 259 Å². The van der Waals surface area contributed by atoms with Crippen LogP contribution in [0.1, 0.15) is 124 Å². The van der Waals surface area contributed by atoms with E-state index in [0.29, 0.717) is 13.0 Å². The topological polar surface area (TPSA) is 137 Å². The molecule has 2 N–H and O–H groups in total. The van der Waals surface area contributed by atoms with Crippen molar-refractivity contribution in [3.05, 3.63) is 35.9 Å². The van der Waals surface area contributed by atoms with Gasteiger partial charge in [-0.15, -0.1) is 0 Å². The molecule has 0 bridgehead atoms. The lowest BCUT2D eigenvalue weighted by molar-refractivity contribution is -0.150. The van der Waals surface area contributed by atoms with Crippen molar-refractivity contribution >= 4 is 24.4 Å². The molecule has 2 rings (SSSR count). The molecule has 0 aromatic heterocycles. The Morgan fingerprint density at radius 1 is 0.977 bits per heavy atom. The van der Waals surface area contributed by atoms with E-state index in [1.54, 1.807) is 60.8 Å². The number of rotatable bonds is 5. The molecule has 1 saturated heterocycles. The molecule has 2 atom stereocenters. The molecule has 1 aliphatic rings. The molecule has 1 aromatic carbocycles. The van der Waals surface area contributed by atoms with Crippen LogP contribution in [0.4, 0.5) is 9.59 Å². The molecule has 1 heterocycles. The highest BCUT2D eigenvalue weighted by Gasteiger charge is 2.22. The molecule has 0 spiro atoms. The molecule has 1 aromatic rings. The van der Waals surface area contributed by atoms with Crippen molar-refractivity contribution in [2.75, 3.05) is 13.7 Å². The van der Waals surface area contributed by atoms with Gasteiger partial charge in [0.15, 0.2) is 0 Å². The maximum Gasteiger partial charge on any atom is 0.417 e. The van der Waals surface area contributed by atoms with Crippen LogP contribution in [0, 0.1) is 0 Å². The molecule has 0 radical (unpaired) electrons. The lowest BCUT2D eigenvalue weighted by Crippen LogP contribution is -2.39. The maximum absolute atomic E-state index is 11.2. The van der Waals surface area contributed by atoms with Crippen LogP contribution in [0.5, 0.6) is 0 Å². The Bertz CT molecular complexity index is 847. The number of benzene rings is 1. The first-order valence-corrected chi connectivity index (χ1v) is 15.1. The van der Waals surface area contributed by atoms with Crippen LogP contribution in [0.3, 0.4) is 0 Å². The van der Waals surface area contributed by atoms with E-state index < -0.39 is 23.4 Å². The number of amides is 2. The Hall–Kier alpha value is -2.98. The van der Waals surface area contributed by atoms with E-state index in [2.05, 4.69) is 6.92 Å². The van der Waals surface area contributed by atoms with Gasteiger partial charge in [0.05, 0.1) is 6.10 Å². The van der Waals surface area contributed by atoms with Crippen LogP contribution < -0.4 is 5.32 Å². The van der Waals surface area contributed by atoms with E-state index in [-0.39, 0.29) is 18.2 Å². The van der Waals surface area contributed by atoms with Crippen LogP contribution in [0.2, 0.25) is 0 Å². The summed E-state index contributed by atoms with van der Waals surface area (Å²) in [6, 6.07) is 9.10. The number of nitrogens with one attached hydrogen (secondary N) is 1. The predicted octanol–water partition coefficient (Wildman–Crippen LogP) is 7.40. The number of hydrogen-bond donors (Lipinski definition) is 2. The summed E-state index contributed by atoms with van der Waals surface area (Å²) >= 11 is 0. The molecule has 10 nitrogen and oxygen atoms in total. The molecule has 1 fully saturated rings. The summed E-state index contributed by atoms with van der Waals surface area (Å²) in [6.45, 7) is 14.7. The number of cyclic esters (lactones) is 1. The number of methoxy groups -OCH3 is 1. The molecule has 0 saturated carbocycles. The number of imide groups is 1. The highest BCUT2D eigenvalue weighted by molar-refractivity contribution is 5.87. The van der Waals surface area contributed by atoms with Gasteiger partial charge in [-0.1, -0.05) is 62.9 Å². The minimum Gasteiger partial charge on any atom is -0.463 e. The zero-order valence-electron chi connectivity index (χ0n) is 27.9. The van der Waals surface area contributed by atoms with Gasteiger partial charge in [0.1, 0.15) is 23.6 Å². The fraction of sp³-hybridized carbons (Fsp3) is 0.697. The van der Waals surface area contributed by atoms with Crippen molar-refractivity contribution in [1.82, 2.24) is 5.32 Å². The summed E-state index contributed by atoms with van der Waals surface area (Å²) in [6.07, 6.45) is 8.45. The first-order valence-electron chi connectivity index (χ1n) is 15.1. The molecule has 2 amide bonds. The molecule has 1 aliphatic heterocycles. The van der Waals surface area contributed by atoms with E-state index in [1.807, 2.05) is 30.4 Å². The van der Waals surface area contributed by atoms with Crippen LogP contribution in [-0.4, -0.2) is 66.7 Å². The number of aldehydes is 1. The van der Waals surface area contributed by atoms with Gasteiger partial charge in [-0.05, 0) is 67.7 Å². The molecule has 2 unspecified atom stereocenters. The lowest BCUT2D eigenvalue weighted by Gasteiger charge is -2.22. The zero-order chi connectivity index (χ0) is 33.3. The number of aliphatic hydroxyl groups is 1. The number of aliphatic hydroxyl groups excluding tert-OH is 1. The number of carbonyl (C=O) groups excluding carboxylic acids is 4. The Morgan fingerprint density at radius 3 is 1.93 bits per heavy atom. The summed E-state index contributed by atoms with van der Waals surface area (Å²) in [5, 5.41) is 10.2. The van der Waals surface area contributed by atoms with Crippen molar-refractivity contribution in [1.29, 1.82) is 0 Å². The SMILES string of the molecule is CC(C)(C)OC(=O)NC(=O)OC(C)(C)C.CCCCCO.COC1CCCCCC(=O)OC(C)C1.O=Cc1ccccc1. The fourth-order valence-corrected chi connectivity index (χ4v) is 3.44. The van der Waals surface area contributed by atoms with Gasteiger partial charge in [0, 0.05) is 32.1 Å². The van der Waals surface area contributed by atoms with Crippen molar-refractivity contribution in [3.8, 4) is 0 Å². The standard InChI is InChI=1S/C11H20O3.C10H19NO4.C7H6O.C5H12O/c1-9-8-10(13-2)6-4-3-5-7-11(12)14-9;1-9(2,3)14-7(12)11-8(13)15-10(4,5)6;8-6-7-4-2-1-3-5-7;1-2-3-4-5-6/h9-10H,3-8H2,1-2H3;1-6H3,(H,11,12,13);1-6H;6H,2-5H2,1H3. The number of alkyl carbamates (subject to hydrolysis) is 2. The largest absolute Gasteiger partial charge is 0.463 e. The highest BCUT2D eigenvalue weighted by Crippen LogP contribution is 2.17. The molecule has 0 aliphatic carbocycles. The van der Waals surface area contributed by atoms with Gasteiger partial charge in [0.25, 0.3) is 0 Å². The minimum atomic E-state index is -0.809. The quantitative estimate of drug-likeness (QED) is 0.151. The summed E-state index contributed by atoms with van der Waals surface area (Å²) < 4.78 is 20.3. The van der Waals surface area contributed by atoms with Crippen molar-refractivity contribution in [3.63, 3.8) is 0 Å². The van der Waals surface area contributed by atoms with Gasteiger partial charge in [-0.25, -0.2) is 14.9 Å². The number of carbonyl (C=O) groups is 4. The van der Waals surface area contributed by atoms with E-state index in [0.717, 1.165) is 56.8 Å². The summed E-state index contributed by atoms with van der Waals surface area (Å²) in [7, 11) is 1.73. The Balaban J connectivity index is 0. The predicted molar refractivity (Wildman–Crippen MR) is 168 cm³/mol. The van der Waals surface area contributed by atoms with E-state index in [9.17, 15) is 19.2 Å². The average Bonchev–Trinajstić information content (AvgIpc) is 2.90. The lowest BCUT2D eigenvalue weighted by atomic mass is 10.0. The van der Waals surface area contributed by atoms with Gasteiger partial charge < -0.3 is 24.1 Å².